The van der Waals surface area contributed by atoms with E-state index in [1.54, 1.807) is 24.3 Å². The zero-order valence-corrected chi connectivity index (χ0v) is 45.7. The summed E-state index contributed by atoms with van der Waals surface area (Å²) in [6, 6.07) is 19.8. The maximum absolute atomic E-state index is 14.4. The maximum atomic E-state index is 14.4. The molecule has 3 atom stereocenters. The molecule has 3 aromatic carbocycles. The number of hydrogen-bond donors (Lipinski definition) is 2. The first kappa shape index (κ1) is 57.4. The van der Waals surface area contributed by atoms with Crippen LogP contribution in [0.5, 0.6) is 11.6 Å². The number of nitrogens with zero attached hydrogens (tertiary/aromatic N) is 4. The number of anilines is 1. The van der Waals surface area contributed by atoms with Crippen molar-refractivity contribution in [3.05, 3.63) is 106 Å². The molecule has 2 N–H and O–H groups in total. The molecule has 17 nitrogen and oxygen atoms in total. The second-order valence-electron chi connectivity index (χ2n) is 20.4. The highest BCUT2D eigenvalue weighted by Crippen LogP contribution is 2.41. The van der Waals surface area contributed by atoms with E-state index < -0.39 is 35.4 Å². The van der Waals surface area contributed by atoms with E-state index in [1.807, 2.05) is 36.4 Å². The number of nitrogens with one attached hydrogen (secondary N) is 2. The minimum atomic E-state index is -2.17. The Balaban J connectivity index is 1.17. The van der Waals surface area contributed by atoms with Crippen LogP contribution in [-0.2, 0) is 48.3 Å². The number of hydrogen-bond acceptors (Lipinski definition) is 12. The van der Waals surface area contributed by atoms with Crippen LogP contribution >= 0.6 is 0 Å². The first-order chi connectivity index (χ1) is 36.9. The first-order valence-corrected chi connectivity index (χ1v) is 28.4. The van der Waals surface area contributed by atoms with Gasteiger partial charge in [0.15, 0.2) is 11.5 Å². The summed E-state index contributed by atoms with van der Waals surface area (Å²) in [4.78, 5) is 62.3. The summed E-state index contributed by atoms with van der Waals surface area (Å²) < 4.78 is 47.2. The molecule has 410 valence electrons. The number of H-pyrrole nitrogens is 1. The maximum Gasteiger partial charge on any atom is 0.415 e. The van der Waals surface area contributed by atoms with Crippen LogP contribution in [0.25, 0.3) is 21.9 Å². The van der Waals surface area contributed by atoms with Gasteiger partial charge in [-0.05, 0) is 103 Å². The SMILES string of the molecule is [C-]#[N+]c1c(C(=O)OC2C(C)CC(C)CC2C)c2nc(-c3cc(Cc4cccc(COOCCCCCCCC)c4)cc(NS(=O)Oc4cccc(C(=O)OCCCCCCCC)c4)c3)[nH]n2c1OC(=O)N1CCOCC1. The van der Waals surface area contributed by atoms with Gasteiger partial charge in [-0.2, -0.15) is 4.21 Å². The molecule has 3 heterocycles. The van der Waals surface area contributed by atoms with Crippen LogP contribution in [0.4, 0.5) is 16.2 Å². The van der Waals surface area contributed by atoms with Gasteiger partial charge in [0.25, 0.3) is 5.69 Å². The number of rotatable bonds is 28. The van der Waals surface area contributed by atoms with E-state index in [2.05, 4.69) is 49.3 Å². The van der Waals surface area contributed by atoms with Crippen molar-refractivity contribution in [2.75, 3.05) is 44.2 Å². The number of morpholine rings is 1. The van der Waals surface area contributed by atoms with Gasteiger partial charge in [0.1, 0.15) is 24.0 Å². The number of unbranched alkanes of at least 4 members (excludes halogenated alkanes) is 10. The Morgan fingerprint density at radius 1 is 0.803 bits per heavy atom. The Morgan fingerprint density at radius 3 is 2.21 bits per heavy atom. The van der Waals surface area contributed by atoms with Crippen molar-refractivity contribution in [2.24, 2.45) is 17.8 Å². The van der Waals surface area contributed by atoms with Gasteiger partial charge in [0, 0.05) is 18.7 Å². The van der Waals surface area contributed by atoms with Crippen molar-refractivity contribution in [3.8, 4) is 23.0 Å². The summed E-state index contributed by atoms with van der Waals surface area (Å²) in [6.45, 7) is 21.3. The number of aromatic nitrogens is 3. The topological polar surface area (TPSA) is 186 Å². The van der Waals surface area contributed by atoms with Gasteiger partial charge in [0.05, 0.1) is 44.3 Å². The largest absolute Gasteiger partial charge is 0.462 e. The van der Waals surface area contributed by atoms with E-state index in [9.17, 15) is 18.6 Å². The molecular formula is C58H76N6O11S. The number of amides is 1. The zero-order valence-electron chi connectivity index (χ0n) is 44.9. The number of fused-ring (bicyclic) bond motifs is 1. The highest BCUT2D eigenvalue weighted by molar-refractivity contribution is 7.82. The zero-order chi connectivity index (χ0) is 53.8. The van der Waals surface area contributed by atoms with Crippen molar-refractivity contribution in [3.63, 3.8) is 0 Å². The van der Waals surface area contributed by atoms with Crippen molar-refractivity contribution in [1.29, 1.82) is 0 Å². The summed E-state index contributed by atoms with van der Waals surface area (Å²) >= 11 is -2.17. The Hall–Kier alpha value is -6.26. The van der Waals surface area contributed by atoms with Crippen molar-refractivity contribution >= 4 is 46.3 Å². The molecule has 1 saturated heterocycles. The fourth-order valence-corrected chi connectivity index (χ4v) is 10.8. The average Bonchev–Trinajstić information content (AvgIpc) is 3.99. The number of aromatic amines is 1. The fourth-order valence-electron chi connectivity index (χ4n) is 10.2. The molecule has 0 radical (unpaired) electrons. The predicted molar refractivity (Wildman–Crippen MR) is 291 cm³/mol. The lowest BCUT2D eigenvalue weighted by Gasteiger charge is -2.37. The average molecular weight is 1070 g/mol. The summed E-state index contributed by atoms with van der Waals surface area (Å²) in [5.74, 6) is -0.400. The van der Waals surface area contributed by atoms with Crippen molar-refractivity contribution < 1.29 is 51.5 Å². The van der Waals surface area contributed by atoms with Gasteiger partial charge in [-0.25, -0.2) is 38.5 Å². The molecule has 1 aliphatic heterocycles. The van der Waals surface area contributed by atoms with E-state index in [0.29, 0.717) is 50.0 Å². The molecule has 2 fully saturated rings. The first-order valence-electron chi connectivity index (χ1n) is 27.3. The van der Waals surface area contributed by atoms with Crippen LogP contribution in [0.3, 0.4) is 0 Å². The summed E-state index contributed by atoms with van der Waals surface area (Å²) in [5.41, 5.74) is 3.49. The third-order valence-corrected chi connectivity index (χ3v) is 14.7. The fraction of sp³-hybridized carbons (Fsp3) is 0.534. The number of carbonyl (C=O) groups is 3. The molecule has 5 aromatic rings. The monoisotopic (exact) mass is 1060 g/mol. The predicted octanol–water partition coefficient (Wildman–Crippen LogP) is 12.9. The summed E-state index contributed by atoms with van der Waals surface area (Å²) in [5, 5.41) is 3.21. The van der Waals surface area contributed by atoms with E-state index >= 15 is 0 Å². The van der Waals surface area contributed by atoms with E-state index in [-0.39, 0.29) is 71.4 Å². The summed E-state index contributed by atoms with van der Waals surface area (Å²) in [7, 11) is 0. The van der Waals surface area contributed by atoms with Crippen LogP contribution in [-0.4, -0.2) is 87.4 Å². The summed E-state index contributed by atoms with van der Waals surface area (Å²) in [6.07, 6.45) is 14.4. The molecule has 0 spiro atoms. The lowest BCUT2D eigenvalue weighted by molar-refractivity contribution is -0.304. The molecule has 76 heavy (non-hydrogen) atoms. The van der Waals surface area contributed by atoms with E-state index in [4.69, 9.17) is 44.5 Å². The van der Waals surface area contributed by atoms with Crippen LogP contribution in [0.15, 0.2) is 66.7 Å². The molecule has 3 unspecified atom stereocenters. The van der Waals surface area contributed by atoms with Crippen LogP contribution < -0.4 is 13.6 Å². The van der Waals surface area contributed by atoms with E-state index in [1.165, 1.54) is 47.6 Å². The Labute approximate surface area is 450 Å². The van der Waals surface area contributed by atoms with Gasteiger partial charge in [-0.3, -0.25) is 9.82 Å². The molecule has 2 aliphatic rings. The lowest BCUT2D eigenvalue weighted by atomic mass is 9.75. The molecule has 1 amide bonds. The minimum absolute atomic E-state index is 0.0314. The van der Waals surface area contributed by atoms with Gasteiger partial charge in [0.2, 0.25) is 5.88 Å². The molecular weight excluding hydrogens is 989 g/mol. The molecule has 7 rings (SSSR count). The highest BCUT2D eigenvalue weighted by Gasteiger charge is 2.38. The smallest absolute Gasteiger partial charge is 0.415 e. The third kappa shape index (κ3) is 16.4. The number of esters is 2. The number of ether oxygens (including phenoxy) is 4. The number of carbonyl (C=O) groups excluding carboxylic acids is 3. The van der Waals surface area contributed by atoms with Gasteiger partial charge in [-0.15, -0.1) is 0 Å². The Morgan fingerprint density at radius 2 is 1.49 bits per heavy atom. The van der Waals surface area contributed by atoms with Gasteiger partial charge >= 0.3 is 29.3 Å². The lowest BCUT2D eigenvalue weighted by Crippen LogP contribution is -2.42. The molecule has 2 aromatic heterocycles. The van der Waals surface area contributed by atoms with Crippen LogP contribution in [0, 0.1) is 24.3 Å². The second kappa shape index (κ2) is 29.3. The highest BCUT2D eigenvalue weighted by atomic mass is 32.2. The quantitative estimate of drug-likeness (QED) is 0.0159. The molecule has 1 saturated carbocycles. The van der Waals surface area contributed by atoms with Gasteiger partial charge < -0.3 is 28.0 Å². The molecule has 0 bridgehead atoms. The standard InChI is InChI=1S/C58H76N6O11S/c1-7-9-11-13-15-17-27-70-56(65)46-23-20-24-49(38-46)75-76(68)62-48-36-45(34-43-21-19-22-44(33-43)39-72-71-28-18-16-14-12-10-8-2)35-47(37-48)53-60-54-50(57(66)73-52-41(4)31-40(3)32-42(52)5)51(59-6)55(64(54)61-53)74-58(67)63-25-29-69-30-26-63/h19-24,33,35-38,40-42,52,62H,7-18,25-32,34,39H2,1-5H3,(H,60,61). The Bertz CT molecular complexity index is 2750. The molecule has 18 heteroatoms. The number of benzene rings is 3. The van der Waals surface area contributed by atoms with Crippen LogP contribution in [0.2, 0.25) is 0 Å². The van der Waals surface area contributed by atoms with Crippen molar-refractivity contribution in [1.82, 2.24) is 19.5 Å². The normalized spacial score (nSPS) is 18.0. The Kier molecular flexibility index (Phi) is 22.2. The van der Waals surface area contributed by atoms with E-state index in [0.717, 1.165) is 74.5 Å². The van der Waals surface area contributed by atoms with Gasteiger partial charge in [-0.1, -0.05) is 129 Å². The molecule has 1 aliphatic carbocycles. The minimum Gasteiger partial charge on any atom is -0.462 e. The van der Waals surface area contributed by atoms with Crippen LogP contribution in [0.1, 0.15) is 162 Å². The van der Waals surface area contributed by atoms with Crippen molar-refractivity contribution in [2.45, 2.75) is 144 Å². The second-order valence-corrected chi connectivity index (χ2v) is 21.2. The third-order valence-electron chi connectivity index (χ3n) is 13.9.